The second-order valence-electron chi connectivity index (χ2n) is 5.55. The highest BCUT2D eigenvalue weighted by Crippen LogP contribution is 2.36. The van der Waals surface area contributed by atoms with Crippen molar-refractivity contribution in [2.45, 2.75) is 32.3 Å². The Balaban J connectivity index is 1.83. The van der Waals surface area contributed by atoms with E-state index in [1.54, 1.807) is 0 Å². The lowest BCUT2D eigenvalue weighted by Crippen LogP contribution is -2.32. The monoisotopic (exact) mass is 254 g/mol. The summed E-state index contributed by atoms with van der Waals surface area (Å²) in [5, 5.41) is 0. The quantitative estimate of drug-likeness (QED) is 0.780. The lowest BCUT2D eigenvalue weighted by Gasteiger charge is -2.32. The third kappa shape index (κ3) is 2.73. The number of para-hydroxylation sites is 1. The van der Waals surface area contributed by atoms with Crippen LogP contribution in [0.1, 0.15) is 25.8 Å². The maximum atomic E-state index is 5.97. The van der Waals surface area contributed by atoms with Crippen LogP contribution < -0.4 is 9.47 Å². The average Bonchev–Trinajstić information content (AvgIpc) is 2.39. The van der Waals surface area contributed by atoms with Crippen molar-refractivity contribution in [1.82, 2.24) is 0 Å². The van der Waals surface area contributed by atoms with Crippen molar-refractivity contribution in [2.24, 2.45) is 0 Å². The van der Waals surface area contributed by atoms with E-state index < -0.39 is 0 Å². The first-order valence-electron chi connectivity index (χ1n) is 6.67. The van der Waals surface area contributed by atoms with Crippen LogP contribution in [0.5, 0.6) is 17.2 Å². The van der Waals surface area contributed by atoms with Gasteiger partial charge in [0.05, 0.1) is 0 Å². The van der Waals surface area contributed by atoms with Crippen molar-refractivity contribution >= 4 is 0 Å². The minimum atomic E-state index is -0.0607. The van der Waals surface area contributed by atoms with Crippen LogP contribution in [0.3, 0.4) is 0 Å². The van der Waals surface area contributed by atoms with Crippen molar-refractivity contribution in [3.63, 3.8) is 0 Å². The minimum Gasteiger partial charge on any atom is -0.488 e. The molecule has 0 saturated carbocycles. The highest BCUT2D eigenvalue weighted by Gasteiger charge is 2.26. The summed E-state index contributed by atoms with van der Waals surface area (Å²) in [6.07, 6.45) is 2.07. The normalized spacial score (nSPS) is 16.3. The zero-order chi connectivity index (χ0) is 13.3. The van der Waals surface area contributed by atoms with Gasteiger partial charge in [-0.05, 0) is 62.6 Å². The Hall–Kier alpha value is -1.96. The van der Waals surface area contributed by atoms with E-state index in [9.17, 15) is 0 Å². The van der Waals surface area contributed by atoms with Crippen LogP contribution in [-0.2, 0) is 6.42 Å². The SMILES string of the molecule is CC1(C)CCc2cc(Oc3ccccc3)ccc2O1. The van der Waals surface area contributed by atoms with Gasteiger partial charge in [-0.1, -0.05) is 18.2 Å². The number of rotatable bonds is 2. The van der Waals surface area contributed by atoms with Gasteiger partial charge in [-0.25, -0.2) is 0 Å². The number of ether oxygens (including phenoxy) is 2. The van der Waals surface area contributed by atoms with E-state index in [2.05, 4.69) is 19.9 Å². The van der Waals surface area contributed by atoms with Crippen LogP contribution in [0, 0.1) is 0 Å². The predicted molar refractivity (Wildman–Crippen MR) is 76.0 cm³/mol. The molecule has 2 aromatic rings. The van der Waals surface area contributed by atoms with Gasteiger partial charge in [-0.3, -0.25) is 0 Å². The third-order valence-electron chi connectivity index (χ3n) is 3.39. The molecule has 2 heteroatoms. The van der Waals surface area contributed by atoms with Gasteiger partial charge >= 0.3 is 0 Å². The third-order valence-corrected chi connectivity index (χ3v) is 3.39. The van der Waals surface area contributed by atoms with Crippen LogP contribution >= 0.6 is 0 Å². The second-order valence-corrected chi connectivity index (χ2v) is 5.55. The maximum Gasteiger partial charge on any atom is 0.127 e. The Bertz CT molecular complexity index is 573. The van der Waals surface area contributed by atoms with Crippen LogP contribution in [0.25, 0.3) is 0 Å². The molecule has 2 aromatic carbocycles. The molecule has 0 aliphatic carbocycles. The van der Waals surface area contributed by atoms with Gasteiger partial charge in [-0.2, -0.15) is 0 Å². The molecule has 0 fully saturated rings. The lowest BCUT2D eigenvalue weighted by atomic mass is 9.94. The minimum absolute atomic E-state index is 0.0607. The Morgan fingerprint density at radius 3 is 2.58 bits per heavy atom. The molecule has 0 amide bonds. The largest absolute Gasteiger partial charge is 0.488 e. The lowest BCUT2D eigenvalue weighted by molar-refractivity contribution is 0.0845. The summed E-state index contributed by atoms with van der Waals surface area (Å²) in [6.45, 7) is 4.26. The molecule has 19 heavy (non-hydrogen) atoms. The maximum absolute atomic E-state index is 5.97. The number of hydrogen-bond donors (Lipinski definition) is 0. The highest BCUT2D eigenvalue weighted by atomic mass is 16.5. The summed E-state index contributed by atoms with van der Waals surface area (Å²) in [5.74, 6) is 2.71. The zero-order valence-corrected chi connectivity index (χ0v) is 11.3. The zero-order valence-electron chi connectivity index (χ0n) is 11.3. The fourth-order valence-electron chi connectivity index (χ4n) is 2.32. The van der Waals surface area contributed by atoms with Crippen LogP contribution in [-0.4, -0.2) is 5.60 Å². The Morgan fingerprint density at radius 1 is 1.00 bits per heavy atom. The van der Waals surface area contributed by atoms with Gasteiger partial charge in [0.25, 0.3) is 0 Å². The molecule has 0 saturated heterocycles. The summed E-state index contributed by atoms with van der Waals surface area (Å²) >= 11 is 0. The van der Waals surface area contributed by atoms with Gasteiger partial charge in [0.15, 0.2) is 0 Å². The molecule has 0 N–H and O–H groups in total. The Morgan fingerprint density at radius 2 is 1.79 bits per heavy atom. The van der Waals surface area contributed by atoms with Gasteiger partial charge < -0.3 is 9.47 Å². The van der Waals surface area contributed by atoms with E-state index in [-0.39, 0.29) is 5.60 Å². The first-order chi connectivity index (χ1) is 9.12. The standard InChI is InChI=1S/C17H18O2/c1-17(2)11-10-13-12-15(8-9-16(13)19-17)18-14-6-4-3-5-7-14/h3-9,12H,10-11H2,1-2H3. The predicted octanol–water partition coefficient (Wildman–Crippen LogP) is 4.58. The van der Waals surface area contributed by atoms with E-state index in [1.165, 1.54) is 5.56 Å². The van der Waals surface area contributed by atoms with Crippen LogP contribution in [0.4, 0.5) is 0 Å². The van der Waals surface area contributed by atoms with Crippen LogP contribution in [0.15, 0.2) is 48.5 Å². The van der Waals surface area contributed by atoms with Crippen molar-refractivity contribution in [2.75, 3.05) is 0 Å². The number of hydrogen-bond acceptors (Lipinski definition) is 2. The van der Waals surface area contributed by atoms with E-state index in [0.29, 0.717) is 0 Å². The molecular formula is C17H18O2. The van der Waals surface area contributed by atoms with Gasteiger partial charge in [0.1, 0.15) is 22.8 Å². The molecular weight excluding hydrogens is 236 g/mol. The van der Waals surface area contributed by atoms with Gasteiger partial charge in [0.2, 0.25) is 0 Å². The van der Waals surface area contributed by atoms with Crippen molar-refractivity contribution in [3.05, 3.63) is 54.1 Å². The summed E-state index contributed by atoms with van der Waals surface area (Å²) in [5.41, 5.74) is 1.17. The van der Waals surface area contributed by atoms with Crippen molar-refractivity contribution in [3.8, 4) is 17.2 Å². The number of aryl methyl sites for hydroxylation is 1. The molecule has 1 aliphatic rings. The highest BCUT2D eigenvalue weighted by molar-refractivity contribution is 5.43. The molecule has 0 spiro atoms. The van der Waals surface area contributed by atoms with E-state index in [1.807, 2.05) is 42.5 Å². The molecule has 2 nitrogen and oxygen atoms in total. The molecule has 1 heterocycles. The van der Waals surface area contributed by atoms with Crippen molar-refractivity contribution < 1.29 is 9.47 Å². The molecule has 0 aromatic heterocycles. The first-order valence-corrected chi connectivity index (χ1v) is 6.67. The molecule has 3 rings (SSSR count). The van der Waals surface area contributed by atoms with E-state index in [0.717, 1.165) is 30.1 Å². The summed E-state index contributed by atoms with van der Waals surface area (Å²) in [4.78, 5) is 0. The molecule has 0 radical (unpaired) electrons. The fourth-order valence-corrected chi connectivity index (χ4v) is 2.32. The molecule has 98 valence electrons. The smallest absolute Gasteiger partial charge is 0.127 e. The van der Waals surface area contributed by atoms with E-state index >= 15 is 0 Å². The second kappa shape index (κ2) is 4.61. The topological polar surface area (TPSA) is 18.5 Å². The van der Waals surface area contributed by atoms with Crippen LogP contribution in [0.2, 0.25) is 0 Å². The molecule has 0 atom stereocenters. The average molecular weight is 254 g/mol. The van der Waals surface area contributed by atoms with E-state index in [4.69, 9.17) is 9.47 Å². The summed E-state index contributed by atoms with van der Waals surface area (Å²) in [7, 11) is 0. The molecule has 0 bridgehead atoms. The molecule has 0 unspecified atom stereocenters. The summed E-state index contributed by atoms with van der Waals surface area (Å²) < 4.78 is 11.8. The van der Waals surface area contributed by atoms with Crippen molar-refractivity contribution in [1.29, 1.82) is 0 Å². The number of benzene rings is 2. The van der Waals surface area contributed by atoms with Gasteiger partial charge in [-0.15, -0.1) is 0 Å². The number of fused-ring (bicyclic) bond motifs is 1. The fraction of sp³-hybridized carbons (Fsp3) is 0.294. The summed E-state index contributed by atoms with van der Waals surface area (Å²) in [6, 6.07) is 15.9. The van der Waals surface area contributed by atoms with Gasteiger partial charge in [0, 0.05) is 0 Å². The molecule has 1 aliphatic heterocycles. The first kappa shape index (κ1) is 12.1. The Kier molecular flexibility index (Phi) is 2.94. The Labute approximate surface area is 114 Å².